The van der Waals surface area contributed by atoms with Gasteiger partial charge in [-0.3, -0.25) is 0 Å². The van der Waals surface area contributed by atoms with Crippen LogP contribution >= 0.6 is 11.3 Å². The Hall–Kier alpha value is -2.18. The van der Waals surface area contributed by atoms with Crippen molar-refractivity contribution in [3.63, 3.8) is 0 Å². The summed E-state index contributed by atoms with van der Waals surface area (Å²) in [4.78, 5) is 4.57. The fourth-order valence-corrected chi connectivity index (χ4v) is 2.91. The van der Waals surface area contributed by atoms with Crippen molar-refractivity contribution in [2.75, 3.05) is 0 Å². The predicted molar refractivity (Wildman–Crippen MR) is 79.6 cm³/mol. The van der Waals surface area contributed by atoms with Crippen LogP contribution in [-0.2, 0) is 0 Å². The van der Waals surface area contributed by atoms with Crippen molar-refractivity contribution in [3.8, 4) is 6.07 Å². The van der Waals surface area contributed by atoms with E-state index in [0.29, 0.717) is 5.92 Å². The molecule has 0 saturated heterocycles. The quantitative estimate of drug-likeness (QED) is 0.809. The summed E-state index contributed by atoms with van der Waals surface area (Å²) in [6.45, 7) is 0. The number of nitrogens with zero attached hydrogens (tertiary/aromatic N) is 2. The summed E-state index contributed by atoms with van der Waals surface area (Å²) >= 11 is 1.70. The molecule has 1 aliphatic rings. The molecule has 0 fully saturated rings. The van der Waals surface area contributed by atoms with Gasteiger partial charge in [-0.25, -0.2) is 4.98 Å². The molecule has 3 heteroatoms. The highest BCUT2D eigenvalue weighted by atomic mass is 32.1. The van der Waals surface area contributed by atoms with Crippen molar-refractivity contribution in [1.82, 2.24) is 4.98 Å². The molecule has 1 heterocycles. The summed E-state index contributed by atoms with van der Waals surface area (Å²) in [5, 5.41) is 9.80. The van der Waals surface area contributed by atoms with E-state index in [1.807, 2.05) is 30.4 Å². The van der Waals surface area contributed by atoms with Crippen molar-refractivity contribution in [2.24, 2.45) is 5.92 Å². The molecule has 0 spiro atoms. The lowest BCUT2D eigenvalue weighted by Crippen LogP contribution is -1.94. The van der Waals surface area contributed by atoms with Crippen molar-refractivity contribution in [2.45, 2.75) is 6.42 Å². The molecule has 0 aliphatic heterocycles. The van der Waals surface area contributed by atoms with Gasteiger partial charge in [0, 0.05) is 5.57 Å². The SMILES string of the molecule is N#CC1=CCC(/C=C/c2nc3ccccc3s2)C=C1. The van der Waals surface area contributed by atoms with Crippen LogP contribution in [0.15, 0.2) is 54.1 Å². The first-order valence-electron chi connectivity index (χ1n) is 6.17. The summed E-state index contributed by atoms with van der Waals surface area (Å²) in [5.41, 5.74) is 1.81. The first-order chi connectivity index (χ1) is 9.35. The maximum Gasteiger partial charge on any atom is 0.117 e. The molecule has 0 N–H and O–H groups in total. The molecule has 1 aromatic heterocycles. The van der Waals surface area contributed by atoms with Crippen LogP contribution in [0.2, 0.25) is 0 Å². The highest BCUT2D eigenvalue weighted by Gasteiger charge is 2.05. The second kappa shape index (κ2) is 5.21. The molecule has 2 aromatic rings. The molecule has 1 atom stereocenters. The van der Waals surface area contributed by atoms with E-state index in [0.717, 1.165) is 22.5 Å². The van der Waals surface area contributed by atoms with Crippen LogP contribution in [0.5, 0.6) is 0 Å². The van der Waals surface area contributed by atoms with Crippen LogP contribution in [0.1, 0.15) is 11.4 Å². The fraction of sp³-hybridized carbons (Fsp3) is 0.125. The lowest BCUT2D eigenvalue weighted by Gasteiger charge is -2.08. The van der Waals surface area contributed by atoms with E-state index in [9.17, 15) is 0 Å². The van der Waals surface area contributed by atoms with Crippen molar-refractivity contribution < 1.29 is 0 Å². The van der Waals surface area contributed by atoms with Crippen molar-refractivity contribution in [3.05, 3.63) is 59.2 Å². The normalized spacial score (nSPS) is 18.7. The van der Waals surface area contributed by atoms with Gasteiger partial charge in [-0.2, -0.15) is 5.26 Å². The Balaban J connectivity index is 1.75. The van der Waals surface area contributed by atoms with Gasteiger partial charge in [0.2, 0.25) is 0 Å². The smallest absolute Gasteiger partial charge is 0.117 e. The molecule has 1 aliphatic carbocycles. The van der Waals surface area contributed by atoms with Crippen LogP contribution in [0.3, 0.4) is 0 Å². The van der Waals surface area contributed by atoms with Gasteiger partial charge in [-0.05, 0) is 36.6 Å². The van der Waals surface area contributed by atoms with E-state index in [2.05, 4.69) is 35.3 Å². The molecular formula is C16H12N2S. The van der Waals surface area contributed by atoms with Crippen LogP contribution in [0.25, 0.3) is 16.3 Å². The second-order valence-electron chi connectivity index (χ2n) is 4.41. The van der Waals surface area contributed by atoms with E-state index >= 15 is 0 Å². The zero-order valence-electron chi connectivity index (χ0n) is 10.3. The molecule has 92 valence electrons. The van der Waals surface area contributed by atoms with Crippen LogP contribution in [0.4, 0.5) is 0 Å². The first-order valence-corrected chi connectivity index (χ1v) is 6.99. The average Bonchev–Trinajstić information content (AvgIpc) is 2.88. The zero-order chi connectivity index (χ0) is 13.1. The zero-order valence-corrected chi connectivity index (χ0v) is 11.1. The monoisotopic (exact) mass is 264 g/mol. The summed E-state index contributed by atoms with van der Waals surface area (Å²) in [7, 11) is 0. The third-order valence-corrected chi connectivity index (χ3v) is 4.06. The largest absolute Gasteiger partial charge is 0.237 e. The second-order valence-corrected chi connectivity index (χ2v) is 5.47. The van der Waals surface area contributed by atoms with Gasteiger partial charge in [0.25, 0.3) is 0 Å². The summed E-state index contributed by atoms with van der Waals surface area (Å²) in [6, 6.07) is 10.3. The number of allylic oxidation sites excluding steroid dienone is 5. The Morgan fingerprint density at radius 1 is 1.37 bits per heavy atom. The maximum absolute atomic E-state index is 8.77. The van der Waals surface area contributed by atoms with Gasteiger partial charge in [-0.1, -0.05) is 30.4 Å². The maximum atomic E-state index is 8.77. The molecule has 0 amide bonds. The van der Waals surface area contributed by atoms with Crippen molar-refractivity contribution in [1.29, 1.82) is 5.26 Å². The lowest BCUT2D eigenvalue weighted by atomic mass is 9.97. The summed E-state index contributed by atoms with van der Waals surface area (Å²) in [6.07, 6.45) is 11.1. The predicted octanol–water partition coefficient (Wildman–Crippen LogP) is 4.34. The molecule has 1 aromatic carbocycles. The molecular weight excluding hydrogens is 252 g/mol. The summed E-state index contributed by atoms with van der Waals surface area (Å²) in [5.74, 6) is 0.365. The Morgan fingerprint density at radius 3 is 3.00 bits per heavy atom. The molecule has 0 radical (unpaired) electrons. The van der Waals surface area contributed by atoms with Gasteiger partial charge < -0.3 is 0 Å². The van der Waals surface area contributed by atoms with Crippen LogP contribution in [0, 0.1) is 17.2 Å². The standard InChI is InChI=1S/C16H12N2S/c17-11-13-7-5-12(6-8-13)9-10-16-18-14-3-1-2-4-15(14)19-16/h1-5,7-10,12H,6H2/b10-9+. The minimum Gasteiger partial charge on any atom is -0.237 e. The highest BCUT2D eigenvalue weighted by molar-refractivity contribution is 7.19. The average molecular weight is 264 g/mol. The Morgan fingerprint density at radius 2 is 2.26 bits per heavy atom. The number of aromatic nitrogens is 1. The third-order valence-electron chi connectivity index (χ3n) is 3.06. The number of benzene rings is 1. The number of thiazole rings is 1. The molecule has 1 unspecified atom stereocenters. The van der Waals surface area contributed by atoms with Crippen LogP contribution in [-0.4, -0.2) is 4.98 Å². The van der Waals surface area contributed by atoms with Gasteiger partial charge >= 0.3 is 0 Å². The molecule has 19 heavy (non-hydrogen) atoms. The Kier molecular flexibility index (Phi) is 3.26. The number of nitriles is 1. The van der Waals surface area contributed by atoms with Gasteiger partial charge in [0.1, 0.15) is 5.01 Å². The van der Waals surface area contributed by atoms with E-state index in [4.69, 9.17) is 5.26 Å². The third kappa shape index (κ3) is 2.64. The van der Waals surface area contributed by atoms with Gasteiger partial charge in [-0.15, -0.1) is 11.3 Å². The molecule has 2 nitrogen and oxygen atoms in total. The van der Waals surface area contributed by atoms with E-state index in [-0.39, 0.29) is 0 Å². The Bertz CT molecular complexity index is 696. The molecule has 3 rings (SSSR count). The van der Waals surface area contributed by atoms with Crippen molar-refractivity contribution >= 4 is 27.6 Å². The molecule has 0 bridgehead atoms. The number of para-hydroxylation sites is 1. The summed E-state index contributed by atoms with van der Waals surface area (Å²) < 4.78 is 1.22. The first kappa shape index (κ1) is 11.9. The minimum atomic E-state index is 0.365. The lowest BCUT2D eigenvalue weighted by molar-refractivity contribution is 0.821. The highest BCUT2D eigenvalue weighted by Crippen LogP contribution is 2.24. The van der Waals surface area contributed by atoms with Gasteiger partial charge in [0.15, 0.2) is 0 Å². The Labute approximate surface area is 116 Å². The van der Waals surface area contributed by atoms with Gasteiger partial charge in [0.05, 0.1) is 16.3 Å². The van der Waals surface area contributed by atoms with E-state index in [1.54, 1.807) is 11.3 Å². The minimum absolute atomic E-state index is 0.365. The topological polar surface area (TPSA) is 36.7 Å². The number of rotatable bonds is 2. The number of fused-ring (bicyclic) bond motifs is 1. The number of hydrogen-bond donors (Lipinski definition) is 0. The number of hydrogen-bond acceptors (Lipinski definition) is 3. The fourth-order valence-electron chi connectivity index (χ4n) is 2.03. The van der Waals surface area contributed by atoms with E-state index in [1.165, 1.54) is 4.70 Å². The molecule has 0 saturated carbocycles. The van der Waals surface area contributed by atoms with E-state index < -0.39 is 0 Å². The van der Waals surface area contributed by atoms with Crippen LogP contribution < -0.4 is 0 Å².